The Bertz CT molecular complexity index is 331. The van der Waals surface area contributed by atoms with Crippen molar-refractivity contribution in [1.82, 2.24) is 10.5 Å². The van der Waals surface area contributed by atoms with Gasteiger partial charge in [-0.2, -0.15) is 0 Å². The van der Waals surface area contributed by atoms with Crippen molar-refractivity contribution in [3.63, 3.8) is 0 Å². The molecule has 2 N–H and O–H groups in total. The average molecular weight is 184 g/mol. The number of hydrogen-bond donors (Lipinski definition) is 2. The monoisotopic (exact) mass is 184 g/mol. The molecule has 6 nitrogen and oxygen atoms in total. The second-order valence-corrected chi connectivity index (χ2v) is 2.40. The molecule has 0 saturated carbocycles. The van der Waals surface area contributed by atoms with E-state index in [0.29, 0.717) is 11.3 Å². The lowest BCUT2D eigenvalue weighted by Gasteiger charge is -1.97. The zero-order chi connectivity index (χ0) is 9.84. The number of Topliss-reactive ketones (excluding diaryl/α,β-unsaturated/α-hetero) is 1. The Kier molecular flexibility index (Phi) is 2.63. The van der Waals surface area contributed by atoms with Crippen LogP contribution in [0.25, 0.3) is 0 Å². The molecule has 1 heterocycles. The fourth-order valence-corrected chi connectivity index (χ4v) is 0.811. The molecule has 0 bridgehead atoms. The van der Waals surface area contributed by atoms with Crippen LogP contribution < -0.4 is 5.32 Å². The summed E-state index contributed by atoms with van der Waals surface area (Å²) in [4.78, 5) is 21.3. The predicted molar refractivity (Wildman–Crippen MR) is 41.6 cm³/mol. The number of nitrogens with one attached hydrogen (secondary N) is 1. The third-order valence-corrected chi connectivity index (χ3v) is 1.45. The molecule has 0 fully saturated rings. The molecule has 1 rings (SSSR count). The number of nitrogens with zero attached hydrogens (tertiary/aromatic N) is 1. The van der Waals surface area contributed by atoms with Crippen molar-refractivity contribution in [3.05, 3.63) is 17.5 Å². The van der Waals surface area contributed by atoms with Crippen molar-refractivity contribution in [2.45, 2.75) is 6.92 Å². The normalized spacial score (nSPS) is 9.62. The summed E-state index contributed by atoms with van der Waals surface area (Å²) in [6, 6.07) is 0. The van der Waals surface area contributed by atoms with Gasteiger partial charge < -0.3 is 14.9 Å². The lowest BCUT2D eigenvalue weighted by molar-refractivity contribution is 0.0986. The lowest BCUT2D eigenvalue weighted by Crippen LogP contribution is -2.27. The summed E-state index contributed by atoms with van der Waals surface area (Å²) in [5.74, 6) is -0.360. The number of carbonyl (C=O) groups excluding carboxylic acids is 1. The Hall–Kier alpha value is -1.85. The number of carboxylic acid groups (broad SMARTS) is 1. The highest BCUT2D eigenvalue weighted by Crippen LogP contribution is 2.04. The van der Waals surface area contributed by atoms with Crippen molar-refractivity contribution < 1.29 is 19.2 Å². The van der Waals surface area contributed by atoms with Gasteiger partial charge in [0.1, 0.15) is 6.26 Å². The molecule has 0 aromatic carbocycles. The lowest BCUT2D eigenvalue weighted by atomic mass is 10.2. The number of aromatic nitrogens is 1. The standard InChI is InChI=1S/C7H8N2O4/c1-4-5(3-13-9-4)6(10)2-8-7(11)12/h3,8H,2H2,1H3,(H,11,12). The molecule has 70 valence electrons. The van der Waals surface area contributed by atoms with E-state index in [1.165, 1.54) is 6.26 Å². The summed E-state index contributed by atoms with van der Waals surface area (Å²) in [6.45, 7) is 1.34. The predicted octanol–water partition coefficient (Wildman–Crippen LogP) is 0.433. The van der Waals surface area contributed by atoms with Crippen LogP contribution in [0.1, 0.15) is 16.1 Å². The molecule has 13 heavy (non-hydrogen) atoms. The molecular weight excluding hydrogens is 176 g/mol. The first-order chi connectivity index (χ1) is 6.11. The summed E-state index contributed by atoms with van der Waals surface area (Å²) < 4.78 is 4.53. The smallest absolute Gasteiger partial charge is 0.405 e. The topological polar surface area (TPSA) is 92.4 Å². The van der Waals surface area contributed by atoms with Gasteiger partial charge in [0.05, 0.1) is 17.8 Å². The van der Waals surface area contributed by atoms with Crippen molar-refractivity contribution >= 4 is 11.9 Å². The van der Waals surface area contributed by atoms with Gasteiger partial charge in [0.2, 0.25) is 0 Å². The number of ketones is 1. The first kappa shape index (κ1) is 9.24. The van der Waals surface area contributed by atoms with E-state index in [0.717, 1.165) is 0 Å². The minimum absolute atomic E-state index is 0.266. The molecule has 0 spiro atoms. The summed E-state index contributed by atoms with van der Waals surface area (Å²) in [5.41, 5.74) is 0.755. The Labute approximate surface area is 73.5 Å². The molecule has 0 aliphatic carbocycles. The van der Waals surface area contributed by atoms with Gasteiger partial charge in [-0.1, -0.05) is 5.16 Å². The van der Waals surface area contributed by atoms with E-state index in [-0.39, 0.29) is 12.3 Å². The van der Waals surface area contributed by atoms with Crippen molar-refractivity contribution in [2.24, 2.45) is 0 Å². The molecule has 0 aliphatic heterocycles. The van der Waals surface area contributed by atoms with E-state index >= 15 is 0 Å². The van der Waals surface area contributed by atoms with Crippen molar-refractivity contribution in [3.8, 4) is 0 Å². The largest absolute Gasteiger partial charge is 0.465 e. The number of rotatable bonds is 3. The fourth-order valence-electron chi connectivity index (χ4n) is 0.811. The Balaban J connectivity index is 2.59. The third kappa shape index (κ3) is 2.29. The van der Waals surface area contributed by atoms with Crippen LogP contribution >= 0.6 is 0 Å². The quantitative estimate of drug-likeness (QED) is 0.664. The van der Waals surface area contributed by atoms with E-state index in [4.69, 9.17) is 5.11 Å². The van der Waals surface area contributed by atoms with Gasteiger partial charge >= 0.3 is 6.09 Å². The van der Waals surface area contributed by atoms with Crippen LogP contribution in [-0.2, 0) is 0 Å². The van der Waals surface area contributed by atoms with Gasteiger partial charge in [0.25, 0.3) is 0 Å². The van der Waals surface area contributed by atoms with Crippen LogP contribution in [0.15, 0.2) is 10.8 Å². The molecule has 1 amide bonds. The Morgan fingerprint density at radius 3 is 2.85 bits per heavy atom. The minimum atomic E-state index is -1.23. The van der Waals surface area contributed by atoms with Crippen molar-refractivity contribution in [2.75, 3.05) is 6.54 Å². The van der Waals surface area contributed by atoms with Gasteiger partial charge in [0.15, 0.2) is 5.78 Å². The molecule has 1 aromatic rings. The van der Waals surface area contributed by atoms with Gasteiger partial charge in [0, 0.05) is 0 Å². The van der Waals surface area contributed by atoms with Crippen LogP contribution in [0.2, 0.25) is 0 Å². The van der Waals surface area contributed by atoms with Crippen LogP contribution in [0.5, 0.6) is 0 Å². The van der Waals surface area contributed by atoms with Crippen LogP contribution in [0.4, 0.5) is 4.79 Å². The average Bonchev–Trinajstić information content (AvgIpc) is 2.47. The molecule has 0 radical (unpaired) electrons. The van der Waals surface area contributed by atoms with Crippen LogP contribution in [-0.4, -0.2) is 28.7 Å². The minimum Gasteiger partial charge on any atom is -0.465 e. The SMILES string of the molecule is Cc1nocc1C(=O)CNC(=O)O. The van der Waals surface area contributed by atoms with Gasteiger partial charge in [-0.15, -0.1) is 0 Å². The number of amides is 1. The maximum Gasteiger partial charge on any atom is 0.405 e. The summed E-state index contributed by atoms with van der Waals surface area (Å²) in [7, 11) is 0. The van der Waals surface area contributed by atoms with Gasteiger partial charge in [-0.3, -0.25) is 4.79 Å². The third-order valence-electron chi connectivity index (χ3n) is 1.45. The summed E-state index contributed by atoms with van der Waals surface area (Å²) >= 11 is 0. The van der Waals surface area contributed by atoms with E-state index in [1.54, 1.807) is 6.92 Å². The van der Waals surface area contributed by atoms with Crippen LogP contribution in [0.3, 0.4) is 0 Å². The van der Waals surface area contributed by atoms with Gasteiger partial charge in [-0.25, -0.2) is 4.79 Å². The highest BCUT2D eigenvalue weighted by atomic mass is 16.5. The molecule has 0 unspecified atom stereocenters. The first-order valence-corrected chi connectivity index (χ1v) is 3.52. The first-order valence-electron chi connectivity index (χ1n) is 3.52. The van der Waals surface area contributed by atoms with Crippen LogP contribution in [0, 0.1) is 6.92 Å². The fraction of sp³-hybridized carbons (Fsp3) is 0.286. The second-order valence-electron chi connectivity index (χ2n) is 2.40. The Morgan fingerprint density at radius 2 is 2.38 bits per heavy atom. The number of aryl methyl sites for hydroxylation is 1. The van der Waals surface area contributed by atoms with E-state index in [1.807, 2.05) is 5.32 Å². The second kappa shape index (κ2) is 3.70. The highest BCUT2D eigenvalue weighted by molar-refractivity contribution is 5.99. The van der Waals surface area contributed by atoms with Crippen molar-refractivity contribution in [1.29, 1.82) is 0 Å². The van der Waals surface area contributed by atoms with E-state index < -0.39 is 6.09 Å². The number of carbonyl (C=O) groups is 2. The Morgan fingerprint density at radius 1 is 1.69 bits per heavy atom. The zero-order valence-electron chi connectivity index (χ0n) is 6.90. The molecule has 0 atom stereocenters. The molecular formula is C7H8N2O4. The molecule has 1 aromatic heterocycles. The summed E-state index contributed by atoms with van der Waals surface area (Å²) in [6.07, 6.45) is -0.0382. The van der Waals surface area contributed by atoms with Gasteiger partial charge in [-0.05, 0) is 6.92 Å². The number of hydrogen-bond acceptors (Lipinski definition) is 4. The molecule has 6 heteroatoms. The highest BCUT2D eigenvalue weighted by Gasteiger charge is 2.12. The summed E-state index contributed by atoms with van der Waals surface area (Å²) in [5, 5.41) is 13.7. The van der Waals surface area contributed by atoms with E-state index in [9.17, 15) is 9.59 Å². The zero-order valence-corrected chi connectivity index (χ0v) is 6.90. The maximum atomic E-state index is 11.2. The molecule has 0 aliphatic rings. The van der Waals surface area contributed by atoms with E-state index in [2.05, 4.69) is 9.68 Å². The maximum absolute atomic E-state index is 11.2. The molecule has 0 saturated heterocycles.